The zero-order valence-electron chi connectivity index (χ0n) is 11.2. The molecular formula is C16H18BrN3. The molecule has 2 atom stereocenters. The number of hydrogen-bond acceptors (Lipinski definition) is 3. The minimum atomic E-state index is 0.108. The van der Waals surface area contributed by atoms with E-state index in [9.17, 15) is 0 Å². The van der Waals surface area contributed by atoms with Crippen LogP contribution in [0.2, 0.25) is 0 Å². The van der Waals surface area contributed by atoms with Crippen LogP contribution in [0.5, 0.6) is 0 Å². The summed E-state index contributed by atoms with van der Waals surface area (Å²) in [6, 6.07) is 12.7. The lowest BCUT2D eigenvalue weighted by molar-refractivity contribution is 0.400. The Balaban J connectivity index is 1.96. The van der Waals surface area contributed by atoms with Crippen molar-refractivity contribution in [1.82, 2.24) is 10.4 Å². The molecule has 1 aliphatic carbocycles. The van der Waals surface area contributed by atoms with Crippen LogP contribution in [0.15, 0.2) is 47.1 Å². The summed E-state index contributed by atoms with van der Waals surface area (Å²) >= 11 is 3.47. The van der Waals surface area contributed by atoms with Gasteiger partial charge >= 0.3 is 0 Å². The van der Waals surface area contributed by atoms with Gasteiger partial charge in [0.25, 0.3) is 0 Å². The molecule has 1 aromatic carbocycles. The Morgan fingerprint density at radius 3 is 2.80 bits per heavy atom. The second-order valence-corrected chi connectivity index (χ2v) is 6.16. The van der Waals surface area contributed by atoms with E-state index in [1.165, 1.54) is 23.2 Å². The monoisotopic (exact) mass is 331 g/mol. The summed E-state index contributed by atoms with van der Waals surface area (Å²) in [6.45, 7) is 0. The zero-order valence-corrected chi connectivity index (χ0v) is 12.8. The first-order valence-electron chi connectivity index (χ1n) is 6.95. The molecule has 2 aromatic rings. The van der Waals surface area contributed by atoms with E-state index in [1.54, 1.807) is 0 Å². The lowest BCUT2D eigenvalue weighted by Gasteiger charge is -2.31. The van der Waals surface area contributed by atoms with Crippen molar-refractivity contribution in [3.63, 3.8) is 0 Å². The number of fused-ring (bicyclic) bond motifs is 1. The fourth-order valence-corrected chi connectivity index (χ4v) is 3.35. The number of benzene rings is 1. The molecule has 0 spiro atoms. The summed E-state index contributed by atoms with van der Waals surface area (Å²) in [5.74, 6) is 6.18. The van der Waals surface area contributed by atoms with Gasteiger partial charge in [0.05, 0.1) is 6.04 Å². The molecule has 0 fully saturated rings. The van der Waals surface area contributed by atoms with Crippen molar-refractivity contribution in [2.75, 3.05) is 0 Å². The van der Waals surface area contributed by atoms with Crippen LogP contribution in [0, 0.1) is 0 Å². The minimum Gasteiger partial charge on any atom is -0.271 e. The molecule has 3 rings (SSSR count). The molecular weight excluding hydrogens is 314 g/mol. The van der Waals surface area contributed by atoms with Crippen LogP contribution in [0.1, 0.15) is 41.6 Å². The number of aryl methyl sites for hydroxylation is 1. The standard InChI is InChI=1S/C16H18BrN3/c17-13-8-6-12(7-9-13)16(20-18)14-5-1-3-11-4-2-10-19-15(11)14/h2,4,6-10,14,16,20H,1,3,5,18H2. The van der Waals surface area contributed by atoms with Crippen LogP contribution >= 0.6 is 15.9 Å². The Bertz CT molecular complexity index is 583. The third-order valence-corrected chi connectivity index (χ3v) is 4.58. The molecule has 0 amide bonds. The Morgan fingerprint density at radius 2 is 2.05 bits per heavy atom. The van der Waals surface area contributed by atoms with Crippen molar-refractivity contribution in [3.8, 4) is 0 Å². The van der Waals surface area contributed by atoms with Crippen molar-refractivity contribution in [2.24, 2.45) is 5.84 Å². The van der Waals surface area contributed by atoms with Crippen LogP contribution < -0.4 is 11.3 Å². The van der Waals surface area contributed by atoms with E-state index < -0.39 is 0 Å². The van der Waals surface area contributed by atoms with Crippen molar-refractivity contribution < 1.29 is 0 Å². The second kappa shape index (κ2) is 6.04. The Kier molecular flexibility index (Phi) is 4.15. The molecule has 2 unspecified atom stereocenters. The lowest BCUT2D eigenvalue weighted by Crippen LogP contribution is -2.34. The normalized spacial score (nSPS) is 19.4. The van der Waals surface area contributed by atoms with E-state index in [0.29, 0.717) is 5.92 Å². The number of rotatable bonds is 3. The number of pyridine rings is 1. The average Bonchev–Trinajstić information content (AvgIpc) is 2.50. The van der Waals surface area contributed by atoms with E-state index in [1.807, 2.05) is 12.3 Å². The van der Waals surface area contributed by atoms with Gasteiger partial charge in [-0.15, -0.1) is 0 Å². The number of hydrazine groups is 1. The molecule has 1 aromatic heterocycles. The molecule has 0 bridgehead atoms. The number of aromatic nitrogens is 1. The number of nitrogens with two attached hydrogens (primary N) is 1. The molecule has 4 heteroatoms. The molecule has 0 saturated carbocycles. The highest BCUT2D eigenvalue weighted by molar-refractivity contribution is 9.10. The first-order valence-corrected chi connectivity index (χ1v) is 7.74. The van der Waals surface area contributed by atoms with E-state index in [0.717, 1.165) is 17.3 Å². The van der Waals surface area contributed by atoms with Gasteiger partial charge in [-0.05, 0) is 48.6 Å². The maximum atomic E-state index is 5.84. The summed E-state index contributed by atoms with van der Waals surface area (Å²) in [7, 11) is 0. The molecule has 3 nitrogen and oxygen atoms in total. The van der Waals surface area contributed by atoms with E-state index in [2.05, 4.69) is 56.7 Å². The number of nitrogens with one attached hydrogen (secondary N) is 1. The predicted molar refractivity (Wildman–Crippen MR) is 84.1 cm³/mol. The third-order valence-electron chi connectivity index (χ3n) is 4.05. The molecule has 1 heterocycles. The highest BCUT2D eigenvalue weighted by Crippen LogP contribution is 2.38. The van der Waals surface area contributed by atoms with Gasteiger partial charge in [-0.3, -0.25) is 16.3 Å². The van der Waals surface area contributed by atoms with Crippen LogP contribution in [0.25, 0.3) is 0 Å². The van der Waals surface area contributed by atoms with Crippen molar-refractivity contribution in [3.05, 3.63) is 63.9 Å². The van der Waals surface area contributed by atoms with Crippen LogP contribution in [-0.2, 0) is 6.42 Å². The van der Waals surface area contributed by atoms with Gasteiger partial charge in [0.1, 0.15) is 0 Å². The molecule has 0 radical (unpaired) electrons. The van der Waals surface area contributed by atoms with Gasteiger partial charge in [-0.1, -0.05) is 34.1 Å². The molecule has 0 saturated heterocycles. The summed E-state index contributed by atoms with van der Waals surface area (Å²) in [5.41, 5.74) is 6.76. The fourth-order valence-electron chi connectivity index (χ4n) is 3.08. The van der Waals surface area contributed by atoms with Gasteiger partial charge in [-0.2, -0.15) is 0 Å². The molecule has 104 valence electrons. The highest BCUT2D eigenvalue weighted by atomic mass is 79.9. The summed E-state index contributed by atoms with van der Waals surface area (Å²) in [4.78, 5) is 4.61. The van der Waals surface area contributed by atoms with Gasteiger partial charge in [0.15, 0.2) is 0 Å². The van der Waals surface area contributed by atoms with Gasteiger partial charge in [0, 0.05) is 22.3 Å². The maximum absolute atomic E-state index is 5.84. The maximum Gasteiger partial charge on any atom is 0.0543 e. The Labute approximate surface area is 127 Å². The fraction of sp³-hybridized carbons (Fsp3) is 0.312. The Hall–Kier alpha value is -1.23. The summed E-state index contributed by atoms with van der Waals surface area (Å²) < 4.78 is 1.08. The first-order chi connectivity index (χ1) is 9.79. The molecule has 3 N–H and O–H groups in total. The zero-order chi connectivity index (χ0) is 13.9. The quantitative estimate of drug-likeness (QED) is 0.668. The second-order valence-electron chi connectivity index (χ2n) is 5.24. The van der Waals surface area contributed by atoms with Crippen LogP contribution in [0.4, 0.5) is 0 Å². The van der Waals surface area contributed by atoms with E-state index >= 15 is 0 Å². The lowest BCUT2D eigenvalue weighted by atomic mass is 9.80. The SMILES string of the molecule is NNC(c1ccc(Br)cc1)C1CCCc2cccnc21. The molecule has 20 heavy (non-hydrogen) atoms. The van der Waals surface area contributed by atoms with Gasteiger partial charge in [-0.25, -0.2) is 0 Å². The summed E-state index contributed by atoms with van der Waals surface area (Å²) in [5, 5.41) is 0. The van der Waals surface area contributed by atoms with Crippen LogP contribution in [0.3, 0.4) is 0 Å². The largest absolute Gasteiger partial charge is 0.271 e. The topological polar surface area (TPSA) is 50.9 Å². The minimum absolute atomic E-state index is 0.108. The average molecular weight is 332 g/mol. The first kappa shape index (κ1) is 13.7. The number of hydrogen-bond donors (Lipinski definition) is 2. The van der Waals surface area contributed by atoms with E-state index in [4.69, 9.17) is 5.84 Å². The smallest absolute Gasteiger partial charge is 0.0543 e. The van der Waals surface area contributed by atoms with E-state index in [-0.39, 0.29) is 6.04 Å². The predicted octanol–water partition coefficient (Wildman–Crippen LogP) is 3.47. The van der Waals surface area contributed by atoms with Crippen molar-refractivity contribution in [1.29, 1.82) is 0 Å². The number of halogens is 1. The molecule has 0 aliphatic heterocycles. The third kappa shape index (κ3) is 2.64. The van der Waals surface area contributed by atoms with Crippen LogP contribution in [-0.4, -0.2) is 4.98 Å². The van der Waals surface area contributed by atoms with Crippen molar-refractivity contribution in [2.45, 2.75) is 31.2 Å². The van der Waals surface area contributed by atoms with Gasteiger partial charge < -0.3 is 0 Å². The highest BCUT2D eigenvalue weighted by Gasteiger charge is 2.29. The molecule has 1 aliphatic rings. The number of nitrogens with zero attached hydrogens (tertiary/aromatic N) is 1. The summed E-state index contributed by atoms with van der Waals surface area (Å²) in [6.07, 6.45) is 5.32. The van der Waals surface area contributed by atoms with Gasteiger partial charge in [0.2, 0.25) is 0 Å². The van der Waals surface area contributed by atoms with Crippen molar-refractivity contribution >= 4 is 15.9 Å². The Morgan fingerprint density at radius 1 is 1.25 bits per heavy atom.